The molecule has 0 bridgehead atoms. The first kappa shape index (κ1) is 9.56. The van der Waals surface area contributed by atoms with Crippen LogP contribution in [0.4, 0.5) is 0 Å². The Kier molecular flexibility index (Phi) is 2.05. The summed E-state index contributed by atoms with van der Waals surface area (Å²) < 4.78 is 23.9. The highest BCUT2D eigenvalue weighted by Crippen LogP contribution is 2.55. The van der Waals surface area contributed by atoms with Gasteiger partial charge in [-0.3, -0.25) is 4.52 Å². The van der Waals surface area contributed by atoms with Gasteiger partial charge in [0.25, 0.3) is 0 Å². The van der Waals surface area contributed by atoms with Crippen LogP contribution in [0.5, 0.6) is 0 Å². The number of fused-ring (bicyclic) bond motifs is 1. The summed E-state index contributed by atoms with van der Waals surface area (Å²) in [5.41, 5.74) is 1.87. The predicted octanol–water partition coefficient (Wildman–Crippen LogP) is 2.87. The minimum absolute atomic E-state index is 0.654. The van der Waals surface area contributed by atoms with Crippen LogP contribution < -0.4 is 0 Å². The van der Waals surface area contributed by atoms with Gasteiger partial charge >= 0.3 is 7.75 Å². The molecule has 0 N–H and O–H groups in total. The first-order chi connectivity index (χ1) is 6.58. The molecule has 0 aromatic carbocycles. The lowest BCUT2D eigenvalue weighted by molar-refractivity contribution is 0.270. The van der Waals surface area contributed by atoms with E-state index in [-0.39, 0.29) is 0 Å². The summed E-state index contributed by atoms with van der Waals surface area (Å²) in [6, 6.07) is 3.72. The summed E-state index contributed by atoms with van der Waals surface area (Å²) in [6.07, 6.45) is 1.70. The van der Waals surface area contributed by atoms with E-state index < -0.39 is 7.75 Å². The SMILES string of the molecule is COP1(=O)OC(C)=C(C)c2cccn21. The highest BCUT2D eigenvalue weighted by atomic mass is 31.2. The Morgan fingerprint density at radius 1 is 1.50 bits per heavy atom. The Balaban J connectivity index is 2.67. The van der Waals surface area contributed by atoms with Gasteiger partial charge in [-0.15, -0.1) is 0 Å². The van der Waals surface area contributed by atoms with E-state index in [4.69, 9.17) is 9.05 Å². The molecule has 5 heteroatoms. The molecule has 0 aliphatic carbocycles. The zero-order valence-corrected chi connectivity index (χ0v) is 9.25. The van der Waals surface area contributed by atoms with E-state index in [0.717, 1.165) is 11.3 Å². The normalized spacial score (nSPS) is 25.9. The van der Waals surface area contributed by atoms with E-state index in [0.29, 0.717) is 5.76 Å². The number of hydrogen-bond donors (Lipinski definition) is 0. The minimum Gasteiger partial charge on any atom is -0.413 e. The second kappa shape index (κ2) is 3.01. The number of aromatic nitrogens is 1. The fraction of sp³-hybridized carbons (Fsp3) is 0.333. The van der Waals surface area contributed by atoms with Gasteiger partial charge in [-0.25, -0.2) is 8.90 Å². The van der Waals surface area contributed by atoms with Gasteiger partial charge in [0.2, 0.25) is 0 Å². The summed E-state index contributed by atoms with van der Waals surface area (Å²) in [6.45, 7) is 3.72. The van der Waals surface area contributed by atoms with Crippen LogP contribution in [0, 0.1) is 0 Å². The molecule has 1 unspecified atom stereocenters. The molecule has 2 heterocycles. The van der Waals surface area contributed by atoms with Crippen molar-refractivity contribution in [3.8, 4) is 0 Å². The van der Waals surface area contributed by atoms with Crippen LogP contribution in [-0.4, -0.2) is 11.4 Å². The lowest BCUT2D eigenvalue weighted by atomic mass is 10.2. The monoisotopic (exact) mass is 213 g/mol. The molecule has 76 valence electrons. The average molecular weight is 213 g/mol. The molecule has 1 aromatic heterocycles. The predicted molar refractivity (Wildman–Crippen MR) is 53.8 cm³/mol. The maximum absolute atomic E-state index is 12.1. The molecule has 1 atom stereocenters. The molecule has 0 radical (unpaired) electrons. The lowest BCUT2D eigenvalue weighted by Crippen LogP contribution is -2.10. The van der Waals surface area contributed by atoms with Crippen LogP contribution in [0.15, 0.2) is 24.1 Å². The van der Waals surface area contributed by atoms with Crippen molar-refractivity contribution in [3.63, 3.8) is 0 Å². The highest BCUT2D eigenvalue weighted by molar-refractivity contribution is 7.52. The average Bonchev–Trinajstić information content (AvgIpc) is 2.64. The van der Waals surface area contributed by atoms with E-state index in [1.807, 2.05) is 19.1 Å². The number of rotatable bonds is 1. The van der Waals surface area contributed by atoms with Crippen LogP contribution in [0.2, 0.25) is 0 Å². The van der Waals surface area contributed by atoms with Crippen LogP contribution in [0.3, 0.4) is 0 Å². The zero-order valence-electron chi connectivity index (χ0n) is 8.35. The Morgan fingerprint density at radius 2 is 2.21 bits per heavy atom. The Labute approximate surface area is 82.7 Å². The van der Waals surface area contributed by atoms with Gasteiger partial charge in [0.05, 0.1) is 5.69 Å². The smallest absolute Gasteiger partial charge is 0.413 e. The van der Waals surface area contributed by atoms with E-state index in [2.05, 4.69) is 0 Å². The third-order valence-electron chi connectivity index (χ3n) is 2.39. The van der Waals surface area contributed by atoms with Gasteiger partial charge in [0.15, 0.2) is 0 Å². The van der Waals surface area contributed by atoms with Crippen molar-refractivity contribution in [3.05, 3.63) is 29.8 Å². The second-order valence-corrected chi connectivity index (χ2v) is 5.08. The molecule has 4 nitrogen and oxygen atoms in total. The Hall–Kier alpha value is -0.990. The van der Waals surface area contributed by atoms with E-state index >= 15 is 0 Å². The van der Waals surface area contributed by atoms with Crippen molar-refractivity contribution in [1.82, 2.24) is 4.34 Å². The largest absolute Gasteiger partial charge is 0.492 e. The van der Waals surface area contributed by atoms with Crippen LogP contribution in [-0.2, 0) is 13.6 Å². The lowest BCUT2D eigenvalue weighted by Gasteiger charge is -2.26. The number of hydrogen-bond acceptors (Lipinski definition) is 3. The maximum Gasteiger partial charge on any atom is 0.492 e. The first-order valence-corrected chi connectivity index (χ1v) is 5.79. The summed E-state index contributed by atoms with van der Waals surface area (Å²) in [7, 11) is -1.78. The van der Waals surface area contributed by atoms with Gasteiger partial charge in [-0.05, 0) is 26.0 Å². The van der Waals surface area contributed by atoms with Crippen molar-refractivity contribution >= 4 is 13.3 Å². The molecule has 0 saturated carbocycles. The molecule has 2 rings (SSSR count). The van der Waals surface area contributed by atoms with Gasteiger partial charge in [0.1, 0.15) is 5.76 Å². The molecule has 1 aromatic rings. The van der Waals surface area contributed by atoms with Gasteiger partial charge < -0.3 is 4.52 Å². The Bertz CT molecular complexity index is 447. The standard InChI is InChI=1S/C9H12NO3P/c1-7-8(2)13-14(11,12-3)10-6-4-5-9(7)10/h4-6H,1-3H3. The number of nitrogens with zero attached hydrogens (tertiary/aromatic N) is 1. The van der Waals surface area contributed by atoms with Crippen LogP contribution in [0.25, 0.3) is 5.57 Å². The van der Waals surface area contributed by atoms with Gasteiger partial charge in [0, 0.05) is 18.9 Å². The Morgan fingerprint density at radius 3 is 2.86 bits per heavy atom. The van der Waals surface area contributed by atoms with Crippen molar-refractivity contribution in [2.45, 2.75) is 13.8 Å². The molecule has 0 spiro atoms. The van der Waals surface area contributed by atoms with Crippen LogP contribution >= 0.6 is 7.75 Å². The van der Waals surface area contributed by atoms with Gasteiger partial charge in [-0.1, -0.05) is 0 Å². The van der Waals surface area contributed by atoms with E-state index in [1.165, 1.54) is 7.11 Å². The molecule has 14 heavy (non-hydrogen) atoms. The molecule has 0 saturated heterocycles. The third-order valence-corrected chi connectivity index (χ3v) is 4.23. The summed E-state index contributed by atoms with van der Waals surface area (Å²) in [4.78, 5) is 0. The molecule has 0 amide bonds. The van der Waals surface area contributed by atoms with Gasteiger partial charge in [-0.2, -0.15) is 0 Å². The van der Waals surface area contributed by atoms with Crippen molar-refractivity contribution in [2.24, 2.45) is 0 Å². The second-order valence-electron chi connectivity index (χ2n) is 3.16. The topological polar surface area (TPSA) is 40.5 Å². The zero-order chi connectivity index (χ0) is 10.3. The number of allylic oxidation sites excluding steroid dienone is 2. The molecule has 0 fully saturated rings. The first-order valence-electron chi connectivity index (χ1n) is 4.30. The molecular weight excluding hydrogens is 201 g/mol. The fourth-order valence-corrected chi connectivity index (χ4v) is 3.02. The van der Waals surface area contributed by atoms with Crippen molar-refractivity contribution in [2.75, 3.05) is 7.11 Å². The molecule has 1 aliphatic heterocycles. The summed E-state index contributed by atoms with van der Waals surface area (Å²) in [5, 5.41) is 0. The van der Waals surface area contributed by atoms with E-state index in [1.54, 1.807) is 17.5 Å². The molecular formula is C9H12NO3P. The van der Waals surface area contributed by atoms with Crippen LogP contribution in [0.1, 0.15) is 19.5 Å². The minimum atomic E-state index is -3.17. The fourth-order valence-electron chi connectivity index (χ4n) is 1.47. The maximum atomic E-state index is 12.1. The summed E-state index contributed by atoms with van der Waals surface area (Å²) in [5.74, 6) is 0.654. The highest BCUT2D eigenvalue weighted by Gasteiger charge is 2.34. The summed E-state index contributed by atoms with van der Waals surface area (Å²) >= 11 is 0. The third kappa shape index (κ3) is 1.15. The quantitative estimate of drug-likeness (QED) is 0.673. The van der Waals surface area contributed by atoms with E-state index in [9.17, 15) is 4.57 Å². The van der Waals surface area contributed by atoms with Crippen molar-refractivity contribution < 1.29 is 13.6 Å². The van der Waals surface area contributed by atoms with Crippen molar-refractivity contribution in [1.29, 1.82) is 0 Å². The molecule has 1 aliphatic rings.